The standard InChI is InChI=1S/C19H26N4O3S2/c1-11(2)23-18(26)16-12(3)13(4)28-17(16)20-19(23)27-10-15(25)22-8-6-21(7-9-22)14(5)24/h11H,6-10H2,1-5H3. The molecule has 0 unspecified atom stereocenters. The molecule has 1 saturated heterocycles. The first-order chi connectivity index (χ1) is 13.2. The summed E-state index contributed by atoms with van der Waals surface area (Å²) in [5.41, 5.74) is 0.953. The van der Waals surface area contributed by atoms with Gasteiger partial charge in [-0.15, -0.1) is 11.3 Å². The first-order valence-corrected chi connectivity index (χ1v) is 11.2. The molecule has 3 heterocycles. The Bertz CT molecular complexity index is 972. The van der Waals surface area contributed by atoms with Gasteiger partial charge < -0.3 is 9.80 Å². The first-order valence-electron chi connectivity index (χ1n) is 9.39. The average molecular weight is 423 g/mol. The maximum Gasteiger partial charge on any atom is 0.263 e. The van der Waals surface area contributed by atoms with Gasteiger partial charge in [0.1, 0.15) is 4.83 Å². The number of thioether (sulfide) groups is 1. The van der Waals surface area contributed by atoms with Crippen molar-refractivity contribution in [1.82, 2.24) is 19.4 Å². The van der Waals surface area contributed by atoms with Crippen LogP contribution in [0.1, 0.15) is 37.3 Å². The summed E-state index contributed by atoms with van der Waals surface area (Å²) >= 11 is 2.84. The number of carbonyl (C=O) groups excluding carboxylic acids is 2. The first kappa shape index (κ1) is 20.9. The van der Waals surface area contributed by atoms with Crippen LogP contribution in [0.15, 0.2) is 9.95 Å². The number of rotatable bonds is 4. The second-order valence-electron chi connectivity index (χ2n) is 7.30. The maximum atomic E-state index is 13.1. The molecule has 9 heteroatoms. The Labute approximate surface area is 172 Å². The lowest BCUT2D eigenvalue weighted by Crippen LogP contribution is -2.50. The number of fused-ring (bicyclic) bond motifs is 1. The minimum Gasteiger partial charge on any atom is -0.339 e. The zero-order valence-electron chi connectivity index (χ0n) is 16.9. The molecule has 1 aliphatic rings. The molecule has 0 aliphatic carbocycles. The molecule has 1 aliphatic heterocycles. The Balaban J connectivity index is 1.79. The average Bonchev–Trinajstić information content (AvgIpc) is 2.93. The molecule has 0 saturated carbocycles. The van der Waals surface area contributed by atoms with E-state index in [9.17, 15) is 14.4 Å². The SMILES string of the molecule is CC(=O)N1CCN(C(=O)CSc2nc3sc(C)c(C)c3c(=O)n2C(C)C)CC1. The predicted octanol–water partition coefficient (Wildman–Crippen LogP) is 2.44. The third-order valence-electron chi connectivity index (χ3n) is 5.12. The van der Waals surface area contributed by atoms with E-state index in [-0.39, 0.29) is 29.2 Å². The number of carbonyl (C=O) groups is 2. The van der Waals surface area contributed by atoms with Crippen molar-refractivity contribution in [2.75, 3.05) is 31.9 Å². The molecular formula is C19H26N4O3S2. The highest BCUT2D eigenvalue weighted by molar-refractivity contribution is 7.99. The molecule has 3 rings (SSSR count). The maximum absolute atomic E-state index is 13.1. The van der Waals surface area contributed by atoms with Crippen molar-refractivity contribution in [3.05, 3.63) is 20.8 Å². The fraction of sp³-hybridized carbons (Fsp3) is 0.579. The van der Waals surface area contributed by atoms with Crippen LogP contribution in [0.25, 0.3) is 10.2 Å². The number of piperazine rings is 1. The second-order valence-corrected chi connectivity index (χ2v) is 9.45. The van der Waals surface area contributed by atoms with E-state index < -0.39 is 0 Å². The minimum absolute atomic E-state index is 0.0106. The molecule has 152 valence electrons. The Hall–Kier alpha value is -1.87. The number of hydrogen-bond acceptors (Lipinski definition) is 6. The van der Waals surface area contributed by atoms with Crippen LogP contribution in [-0.2, 0) is 9.59 Å². The number of amides is 2. The summed E-state index contributed by atoms with van der Waals surface area (Å²) in [7, 11) is 0. The fourth-order valence-electron chi connectivity index (χ4n) is 3.33. The molecule has 2 aromatic rings. The summed E-state index contributed by atoms with van der Waals surface area (Å²) in [6.45, 7) is 11.6. The summed E-state index contributed by atoms with van der Waals surface area (Å²) in [6, 6.07) is -0.0410. The zero-order valence-corrected chi connectivity index (χ0v) is 18.6. The molecule has 2 aromatic heterocycles. The van der Waals surface area contributed by atoms with Crippen LogP contribution in [-0.4, -0.2) is 63.1 Å². The highest BCUT2D eigenvalue weighted by Crippen LogP contribution is 2.29. The van der Waals surface area contributed by atoms with Crippen molar-refractivity contribution in [3.63, 3.8) is 0 Å². The van der Waals surface area contributed by atoms with Gasteiger partial charge in [-0.1, -0.05) is 11.8 Å². The molecule has 0 radical (unpaired) electrons. The number of aryl methyl sites for hydroxylation is 2. The number of nitrogens with zero attached hydrogens (tertiary/aromatic N) is 4. The van der Waals surface area contributed by atoms with E-state index in [1.807, 2.05) is 27.7 Å². The lowest BCUT2D eigenvalue weighted by Gasteiger charge is -2.34. The lowest BCUT2D eigenvalue weighted by atomic mass is 10.2. The van der Waals surface area contributed by atoms with Gasteiger partial charge in [-0.25, -0.2) is 4.98 Å². The molecule has 0 aromatic carbocycles. The zero-order chi connectivity index (χ0) is 20.6. The van der Waals surface area contributed by atoms with E-state index in [4.69, 9.17) is 4.98 Å². The van der Waals surface area contributed by atoms with E-state index in [1.54, 1.807) is 21.3 Å². The summed E-state index contributed by atoms with van der Waals surface area (Å²) < 4.78 is 1.69. The third-order valence-corrected chi connectivity index (χ3v) is 7.16. The van der Waals surface area contributed by atoms with Crippen LogP contribution in [0.5, 0.6) is 0 Å². The minimum atomic E-state index is -0.0410. The van der Waals surface area contributed by atoms with Crippen molar-refractivity contribution < 1.29 is 9.59 Å². The summed E-state index contributed by atoms with van der Waals surface area (Å²) in [4.78, 5) is 47.2. The van der Waals surface area contributed by atoms with Gasteiger partial charge in [0.25, 0.3) is 5.56 Å². The Morgan fingerprint density at radius 3 is 2.32 bits per heavy atom. The van der Waals surface area contributed by atoms with Gasteiger partial charge in [0, 0.05) is 44.0 Å². The van der Waals surface area contributed by atoms with Gasteiger partial charge >= 0.3 is 0 Å². The van der Waals surface area contributed by atoms with Crippen LogP contribution >= 0.6 is 23.1 Å². The number of aromatic nitrogens is 2. The van der Waals surface area contributed by atoms with E-state index in [2.05, 4.69) is 0 Å². The van der Waals surface area contributed by atoms with Crippen molar-refractivity contribution in [3.8, 4) is 0 Å². The largest absolute Gasteiger partial charge is 0.339 e. The summed E-state index contributed by atoms with van der Waals surface area (Å²) in [6.07, 6.45) is 0. The third kappa shape index (κ3) is 3.96. The molecule has 1 fully saturated rings. The smallest absolute Gasteiger partial charge is 0.263 e. The van der Waals surface area contributed by atoms with Gasteiger partial charge in [-0.2, -0.15) is 0 Å². The Morgan fingerprint density at radius 2 is 1.75 bits per heavy atom. The van der Waals surface area contributed by atoms with Crippen molar-refractivity contribution in [2.45, 2.75) is 45.8 Å². The van der Waals surface area contributed by atoms with Gasteiger partial charge in [0.15, 0.2) is 5.16 Å². The van der Waals surface area contributed by atoms with Crippen LogP contribution < -0.4 is 5.56 Å². The summed E-state index contributed by atoms with van der Waals surface area (Å²) in [5, 5.41) is 1.27. The highest BCUT2D eigenvalue weighted by atomic mass is 32.2. The van der Waals surface area contributed by atoms with Crippen molar-refractivity contribution >= 4 is 45.1 Å². The van der Waals surface area contributed by atoms with Gasteiger partial charge in [-0.3, -0.25) is 19.0 Å². The molecular weight excluding hydrogens is 396 g/mol. The molecule has 2 amide bonds. The molecule has 0 N–H and O–H groups in total. The van der Waals surface area contributed by atoms with E-state index in [1.165, 1.54) is 23.1 Å². The Kier molecular flexibility index (Phi) is 6.14. The van der Waals surface area contributed by atoms with Crippen LogP contribution in [0, 0.1) is 13.8 Å². The van der Waals surface area contributed by atoms with Gasteiger partial charge in [0.2, 0.25) is 11.8 Å². The lowest BCUT2D eigenvalue weighted by molar-refractivity contribution is -0.136. The van der Waals surface area contributed by atoms with Crippen molar-refractivity contribution in [2.24, 2.45) is 0 Å². The summed E-state index contributed by atoms with van der Waals surface area (Å²) in [5.74, 6) is 0.284. The second kappa shape index (κ2) is 8.24. The molecule has 0 bridgehead atoms. The number of thiophene rings is 1. The molecule has 28 heavy (non-hydrogen) atoms. The molecule has 7 nitrogen and oxygen atoms in total. The monoisotopic (exact) mass is 422 g/mol. The molecule has 0 atom stereocenters. The van der Waals surface area contributed by atoms with E-state index >= 15 is 0 Å². The quantitative estimate of drug-likeness (QED) is 0.559. The van der Waals surface area contributed by atoms with E-state index in [0.717, 1.165) is 15.3 Å². The Morgan fingerprint density at radius 1 is 1.14 bits per heavy atom. The topological polar surface area (TPSA) is 75.5 Å². The predicted molar refractivity (Wildman–Crippen MR) is 113 cm³/mol. The van der Waals surface area contributed by atoms with Crippen LogP contribution in [0.4, 0.5) is 0 Å². The van der Waals surface area contributed by atoms with Crippen molar-refractivity contribution in [1.29, 1.82) is 0 Å². The van der Waals surface area contributed by atoms with E-state index in [0.29, 0.717) is 36.7 Å². The van der Waals surface area contributed by atoms with Gasteiger partial charge in [0.05, 0.1) is 11.1 Å². The van der Waals surface area contributed by atoms with Crippen LogP contribution in [0.3, 0.4) is 0 Å². The number of hydrogen-bond donors (Lipinski definition) is 0. The van der Waals surface area contributed by atoms with Gasteiger partial charge in [-0.05, 0) is 33.3 Å². The van der Waals surface area contributed by atoms with Crippen LogP contribution in [0.2, 0.25) is 0 Å². The highest BCUT2D eigenvalue weighted by Gasteiger charge is 2.24. The molecule has 0 spiro atoms. The fourth-order valence-corrected chi connectivity index (χ4v) is 5.43. The normalized spacial score (nSPS) is 14.9.